The van der Waals surface area contributed by atoms with Gasteiger partial charge in [0.25, 0.3) is 0 Å². The van der Waals surface area contributed by atoms with Gasteiger partial charge >= 0.3 is 0 Å². The Morgan fingerprint density at radius 2 is 2.06 bits per heavy atom. The highest BCUT2D eigenvalue weighted by Crippen LogP contribution is 2.03. The van der Waals surface area contributed by atoms with Crippen LogP contribution in [0.4, 0.5) is 0 Å². The van der Waals surface area contributed by atoms with E-state index in [1.165, 1.54) is 11.8 Å². The maximum Gasteiger partial charge on any atom is 0.241 e. The van der Waals surface area contributed by atoms with Crippen molar-refractivity contribution in [2.24, 2.45) is 10.9 Å². The maximum atomic E-state index is 11.7. The lowest BCUT2D eigenvalue weighted by molar-refractivity contribution is -0.129. The quantitative estimate of drug-likeness (QED) is 0.282. The fraction of sp³-hybridized carbons (Fsp3) is 0.750. The lowest BCUT2D eigenvalue weighted by Crippen LogP contribution is -2.45. The Hall–Kier alpha value is -1.31. The number of hydrogen-bond donors (Lipinski definition) is 2. The second-order valence-electron chi connectivity index (χ2n) is 3.42. The van der Waals surface area contributed by atoms with Crippen LogP contribution < -0.4 is 5.73 Å². The van der Waals surface area contributed by atoms with Crippen LogP contribution in [0.3, 0.4) is 0 Å². The molecule has 0 aromatic heterocycles. The third-order valence-corrected chi connectivity index (χ3v) is 3.65. The number of carbonyl (C=O) groups excluding carboxylic acids is 1. The van der Waals surface area contributed by atoms with Gasteiger partial charge in [0, 0.05) is 12.8 Å². The summed E-state index contributed by atoms with van der Waals surface area (Å²) >= 11 is 0. The van der Waals surface area contributed by atoms with E-state index in [0.717, 1.165) is 6.26 Å². The van der Waals surface area contributed by atoms with Gasteiger partial charge in [0.2, 0.25) is 5.91 Å². The predicted molar refractivity (Wildman–Crippen MR) is 60.0 cm³/mol. The molecule has 0 aliphatic rings. The minimum absolute atomic E-state index is 0.0916. The Labute approximate surface area is 94.8 Å². The van der Waals surface area contributed by atoms with Crippen molar-refractivity contribution in [3.05, 3.63) is 0 Å². The number of amidine groups is 1. The molecular weight excluding hydrogens is 234 g/mol. The van der Waals surface area contributed by atoms with E-state index in [2.05, 4.69) is 5.16 Å². The Bertz CT molecular complexity index is 377. The first-order valence-corrected chi connectivity index (χ1v) is 6.63. The number of hydrogen-bond acceptors (Lipinski definition) is 5. The molecule has 0 aliphatic carbocycles. The molecule has 0 bridgehead atoms. The first kappa shape index (κ1) is 14.7. The van der Waals surface area contributed by atoms with Crippen LogP contribution in [0.1, 0.15) is 13.8 Å². The van der Waals surface area contributed by atoms with Gasteiger partial charge in [-0.15, -0.1) is 0 Å². The summed E-state index contributed by atoms with van der Waals surface area (Å²) < 4.78 is 22.4. The molecule has 0 saturated carbocycles. The summed E-state index contributed by atoms with van der Waals surface area (Å²) in [5.41, 5.74) is 5.25. The molecule has 16 heavy (non-hydrogen) atoms. The molecule has 0 heterocycles. The van der Waals surface area contributed by atoms with Crippen LogP contribution in [0, 0.1) is 0 Å². The summed E-state index contributed by atoms with van der Waals surface area (Å²) in [6.07, 6.45) is 0.993. The van der Waals surface area contributed by atoms with E-state index in [9.17, 15) is 13.2 Å². The molecule has 0 aliphatic heterocycles. The van der Waals surface area contributed by atoms with E-state index in [4.69, 9.17) is 10.9 Å². The molecule has 8 heteroatoms. The Balaban J connectivity index is 4.80. The number of carbonyl (C=O) groups is 1. The second-order valence-corrected chi connectivity index (χ2v) is 5.78. The van der Waals surface area contributed by atoms with Gasteiger partial charge < -0.3 is 15.8 Å². The van der Waals surface area contributed by atoms with Crippen LogP contribution in [-0.4, -0.2) is 54.9 Å². The smallest absolute Gasteiger partial charge is 0.241 e. The van der Waals surface area contributed by atoms with Gasteiger partial charge in [-0.1, -0.05) is 5.16 Å². The lowest BCUT2D eigenvalue weighted by atomic mass is 10.3. The topological polar surface area (TPSA) is 113 Å². The van der Waals surface area contributed by atoms with Crippen molar-refractivity contribution in [2.75, 3.05) is 19.3 Å². The zero-order valence-electron chi connectivity index (χ0n) is 9.54. The summed E-state index contributed by atoms with van der Waals surface area (Å²) in [4.78, 5) is 12.9. The van der Waals surface area contributed by atoms with Crippen molar-refractivity contribution in [3.8, 4) is 0 Å². The van der Waals surface area contributed by atoms with Gasteiger partial charge in [0.05, 0.1) is 6.54 Å². The summed E-state index contributed by atoms with van der Waals surface area (Å²) in [7, 11) is -3.43. The van der Waals surface area contributed by atoms with E-state index >= 15 is 0 Å². The van der Waals surface area contributed by atoms with Gasteiger partial charge in [-0.3, -0.25) is 4.79 Å². The molecular formula is C8H17N3O4S. The molecule has 94 valence electrons. The van der Waals surface area contributed by atoms with E-state index < -0.39 is 21.0 Å². The van der Waals surface area contributed by atoms with Crippen molar-refractivity contribution < 1.29 is 18.4 Å². The van der Waals surface area contributed by atoms with Gasteiger partial charge in [0.15, 0.2) is 15.7 Å². The third-order valence-electron chi connectivity index (χ3n) is 2.16. The zero-order chi connectivity index (χ0) is 12.9. The molecule has 7 nitrogen and oxygen atoms in total. The van der Waals surface area contributed by atoms with Crippen molar-refractivity contribution >= 4 is 21.6 Å². The monoisotopic (exact) mass is 251 g/mol. The maximum absolute atomic E-state index is 11.7. The fourth-order valence-corrected chi connectivity index (χ4v) is 1.53. The average Bonchev–Trinajstić information content (AvgIpc) is 2.22. The zero-order valence-corrected chi connectivity index (χ0v) is 10.4. The molecule has 1 unspecified atom stereocenters. The molecule has 0 aromatic carbocycles. The molecule has 0 fully saturated rings. The fourth-order valence-electron chi connectivity index (χ4n) is 1.01. The molecule has 0 saturated heterocycles. The number of oxime groups is 1. The van der Waals surface area contributed by atoms with E-state index in [1.807, 2.05) is 0 Å². The lowest BCUT2D eigenvalue weighted by Gasteiger charge is -2.22. The molecule has 0 spiro atoms. The second kappa shape index (κ2) is 5.69. The highest BCUT2D eigenvalue weighted by atomic mass is 32.2. The Morgan fingerprint density at radius 3 is 2.38 bits per heavy atom. The van der Waals surface area contributed by atoms with E-state index in [0.29, 0.717) is 0 Å². The number of rotatable bonds is 5. The average molecular weight is 251 g/mol. The van der Waals surface area contributed by atoms with Crippen LogP contribution in [0.2, 0.25) is 0 Å². The van der Waals surface area contributed by atoms with Crippen LogP contribution in [0.5, 0.6) is 0 Å². The van der Waals surface area contributed by atoms with Crippen LogP contribution >= 0.6 is 0 Å². The van der Waals surface area contributed by atoms with E-state index in [1.54, 1.807) is 6.92 Å². The number of sulfone groups is 1. The van der Waals surface area contributed by atoms with Crippen LogP contribution in [-0.2, 0) is 14.6 Å². The molecule has 0 rings (SSSR count). The third kappa shape index (κ3) is 4.05. The predicted octanol–water partition coefficient (Wildman–Crippen LogP) is -0.986. The summed E-state index contributed by atoms with van der Waals surface area (Å²) in [5, 5.41) is 9.97. The highest BCUT2D eigenvalue weighted by molar-refractivity contribution is 7.92. The molecule has 1 amide bonds. The van der Waals surface area contributed by atoms with Gasteiger partial charge in [-0.25, -0.2) is 8.42 Å². The molecule has 3 N–H and O–H groups in total. The van der Waals surface area contributed by atoms with E-state index in [-0.39, 0.29) is 18.9 Å². The highest BCUT2D eigenvalue weighted by Gasteiger charge is 2.27. The largest absolute Gasteiger partial charge is 0.409 e. The number of amides is 1. The standard InChI is InChI=1S/C8H17N3O4S/c1-4-11(5-7(9)10-13)8(12)6(2)16(3,14)15/h6,13H,4-5H2,1-3H3,(H2,9,10). The number of nitrogens with two attached hydrogens (primary N) is 1. The molecule has 0 aromatic rings. The SMILES string of the molecule is CCN(CC(N)=NO)C(=O)C(C)S(C)(=O)=O. The first-order chi connectivity index (χ1) is 7.23. The van der Waals surface area contributed by atoms with Crippen molar-refractivity contribution in [2.45, 2.75) is 19.1 Å². The molecule has 0 radical (unpaired) electrons. The van der Waals surface area contributed by atoms with Gasteiger partial charge in [-0.05, 0) is 13.8 Å². The van der Waals surface area contributed by atoms with Crippen molar-refractivity contribution in [1.82, 2.24) is 4.90 Å². The minimum atomic E-state index is -3.43. The number of nitrogens with zero attached hydrogens (tertiary/aromatic N) is 2. The molecule has 1 atom stereocenters. The normalized spacial score (nSPS) is 14.6. The first-order valence-electron chi connectivity index (χ1n) is 4.68. The van der Waals surface area contributed by atoms with Crippen LogP contribution in [0.15, 0.2) is 5.16 Å². The van der Waals surface area contributed by atoms with Crippen molar-refractivity contribution in [1.29, 1.82) is 0 Å². The Kier molecular flexibility index (Phi) is 5.22. The number of likely N-dealkylation sites (N-methyl/N-ethyl adjacent to an activating group) is 1. The summed E-state index contributed by atoms with van der Waals surface area (Å²) in [6.45, 7) is 3.19. The Morgan fingerprint density at radius 1 is 1.56 bits per heavy atom. The van der Waals surface area contributed by atoms with Crippen molar-refractivity contribution in [3.63, 3.8) is 0 Å². The summed E-state index contributed by atoms with van der Waals surface area (Å²) in [5.74, 6) is -0.701. The summed E-state index contributed by atoms with van der Waals surface area (Å²) in [6, 6.07) is 0. The van der Waals surface area contributed by atoms with Gasteiger partial charge in [0.1, 0.15) is 5.25 Å². The van der Waals surface area contributed by atoms with Gasteiger partial charge in [-0.2, -0.15) is 0 Å². The minimum Gasteiger partial charge on any atom is -0.409 e. The van der Waals surface area contributed by atoms with Crippen LogP contribution in [0.25, 0.3) is 0 Å².